The van der Waals surface area contributed by atoms with Gasteiger partial charge in [0.05, 0.1) is 30.4 Å². The normalized spacial score (nSPS) is 12.4. The Kier molecular flexibility index (Phi) is 4.12. The number of rotatable bonds is 2. The van der Waals surface area contributed by atoms with Gasteiger partial charge >= 0.3 is 0 Å². The van der Waals surface area contributed by atoms with Gasteiger partial charge in [0.25, 0.3) is 0 Å². The fourth-order valence-corrected chi connectivity index (χ4v) is 3.85. The van der Waals surface area contributed by atoms with Crippen LogP contribution in [0.1, 0.15) is 0 Å². The zero-order valence-corrected chi connectivity index (χ0v) is 16.0. The summed E-state index contributed by atoms with van der Waals surface area (Å²) in [5.41, 5.74) is 1.13. The maximum absolute atomic E-state index is 5.70. The van der Waals surface area contributed by atoms with E-state index in [2.05, 4.69) is 29.0 Å². The smallest absolute Gasteiger partial charge is 0.231 e. The van der Waals surface area contributed by atoms with E-state index in [-0.39, 0.29) is 19.2 Å². The Bertz CT molecular complexity index is 1210. The average molecular weight is 384 g/mol. The fraction of sp³-hybridized carbons (Fsp3) is 0.190. The molecule has 0 bridgehead atoms. The SMILES string of the molecule is COc1cc2ccc3c4ccc5c(c4c[n+](C)c3c2cc1OC)OCO5.[Cl-]. The molecule has 0 aliphatic carbocycles. The van der Waals surface area contributed by atoms with Crippen molar-refractivity contribution in [3.8, 4) is 23.0 Å². The van der Waals surface area contributed by atoms with E-state index in [1.54, 1.807) is 14.2 Å². The van der Waals surface area contributed by atoms with E-state index in [1.165, 1.54) is 0 Å². The lowest BCUT2D eigenvalue weighted by molar-refractivity contribution is -0.642. The first-order valence-electron chi connectivity index (χ1n) is 8.40. The monoisotopic (exact) mass is 383 g/mol. The molecule has 0 radical (unpaired) electrons. The highest BCUT2D eigenvalue weighted by Crippen LogP contribution is 2.42. The number of hydrogen-bond donors (Lipinski definition) is 0. The number of aryl methyl sites for hydroxylation is 1. The third kappa shape index (κ3) is 2.42. The number of benzene rings is 3. The van der Waals surface area contributed by atoms with Crippen LogP contribution in [0.4, 0.5) is 0 Å². The number of fused-ring (bicyclic) bond motifs is 7. The summed E-state index contributed by atoms with van der Waals surface area (Å²) in [5.74, 6) is 3.06. The summed E-state index contributed by atoms with van der Waals surface area (Å²) in [5, 5.41) is 5.56. The maximum Gasteiger partial charge on any atom is 0.231 e. The van der Waals surface area contributed by atoms with Gasteiger partial charge < -0.3 is 31.4 Å². The molecule has 5 nitrogen and oxygen atoms in total. The number of aromatic nitrogens is 1. The van der Waals surface area contributed by atoms with Crippen molar-refractivity contribution in [2.45, 2.75) is 0 Å². The molecule has 1 aromatic heterocycles. The van der Waals surface area contributed by atoms with Crippen LogP contribution in [0.15, 0.2) is 42.6 Å². The Hall–Kier alpha value is -2.92. The zero-order valence-electron chi connectivity index (χ0n) is 15.2. The predicted octanol–water partition coefficient (Wildman–Crippen LogP) is 0.721. The van der Waals surface area contributed by atoms with Gasteiger partial charge in [-0.15, -0.1) is 0 Å². The van der Waals surface area contributed by atoms with Crippen molar-refractivity contribution in [2.75, 3.05) is 21.0 Å². The molecule has 0 saturated heterocycles. The topological polar surface area (TPSA) is 40.8 Å². The molecule has 27 heavy (non-hydrogen) atoms. The largest absolute Gasteiger partial charge is 1.00 e. The molecule has 0 fully saturated rings. The van der Waals surface area contributed by atoms with E-state index in [0.29, 0.717) is 0 Å². The van der Waals surface area contributed by atoms with Gasteiger partial charge in [0.1, 0.15) is 7.05 Å². The Morgan fingerprint density at radius 3 is 2.37 bits per heavy atom. The van der Waals surface area contributed by atoms with Crippen molar-refractivity contribution in [3.05, 3.63) is 42.6 Å². The van der Waals surface area contributed by atoms with Crippen LogP contribution in [0, 0.1) is 0 Å². The molecule has 0 spiro atoms. The van der Waals surface area contributed by atoms with E-state index < -0.39 is 0 Å². The minimum absolute atomic E-state index is 0. The highest BCUT2D eigenvalue weighted by molar-refractivity contribution is 6.15. The zero-order chi connectivity index (χ0) is 17.8. The highest BCUT2D eigenvalue weighted by atomic mass is 35.5. The Balaban J connectivity index is 0.00000180. The number of halogens is 1. The average Bonchev–Trinajstić information content (AvgIpc) is 3.15. The molecule has 0 unspecified atom stereocenters. The van der Waals surface area contributed by atoms with Crippen molar-refractivity contribution < 1.29 is 35.9 Å². The van der Waals surface area contributed by atoms with Crippen LogP contribution in [0.25, 0.3) is 32.4 Å². The maximum atomic E-state index is 5.70. The van der Waals surface area contributed by atoms with Crippen LogP contribution >= 0.6 is 0 Å². The van der Waals surface area contributed by atoms with Crippen LogP contribution in [-0.4, -0.2) is 21.0 Å². The lowest BCUT2D eigenvalue weighted by Gasteiger charge is -2.11. The van der Waals surface area contributed by atoms with Gasteiger partial charge in [0.15, 0.2) is 29.2 Å². The second-order valence-corrected chi connectivity index (χ2v) is 6.39. The number of pyridine rings is 1. The van der Waals surface area contributed by atoms with Crippen molar-refractivity contribution in [2.24, 2.45) is 7.05 Å². The Morgan fingerprint density at radius 2 is 1.59 bits per heavy atom. The fourth-order valence-electron chi connectivity index (χ4n) is 3.85. The van der Waals surface area contributed by atoms with E-state index in [9.17, 15) is 0 Å². The van der Waals surface area contributed by atoms with Crippen molar-refractivity contribution in [1.29, 1.82) is 0 Å². The van der Waals surface area contributed by atoms with Crippen molar-refractivity contribution in [1.82, 2.24) is 0 Å². The third-order valence-electron chi connectivity index (χ3n) is 5.04. The van der Waals surface area contributed by atoms with Crippen LogP contribution in [0.3, 0.4) is 0 Å². The summed E-state index contributed by atoms with van der Waals surface area (Å²) in [6.45, 7) is 0.269. The Labute approximate surface area is 162 Å². The third-order valence-corrected chi connectivity index (χ3v) is 5.04. The summed E-state index contributed by atoms with van der Waals surface area (Å²) in [7, 11) is 5.36. The standard InChI is InChI=1S/C21H18NO4.ClH/c1-22-10-16-13(6-7-17-21(16)26-11-25-17)14-5-4-12-8-18(23-2)19(24-3)9-15(12)20(14)22;/h4-10H,11H2,1-3H3;1H/q+1;/p-1. The first-order chi connectivity index (χ1) is 12.7. The minimum atomic E-state index is 0. The second-order valence-electron chi connectivity index (χ2n) is 6.39. The molecular weight excluding hydrogens is 366 g/mol. The van der Waals surface area contributed by atoms with Crippen molar-refractivity contribution in [3.63, 3.8) is 0 Å². The quantitative estimate of drug-likeness (QED) is 0.378. The molecule has 1 aliphatic heterocycles. The van der Waals surface area contributed by atoms with Gasteiger partial charge in [0.2, 0.25) is 12.3 Å². The molecule has 6 heteroatoms. The predicted molar refractivity (Wildman–Crippen MR) is 99.4 cm³/mol. The molecule has 0 amide bonds. The van der Waals surface area contributed by atoms with Crippen molar-refractivity contribution >= 4 is 32.4 Å². The summed E-state index contributed by atoms with van der Waals surface area (Å²) in [6, 6.07) is 12.4. The van der Waals surface area contributed by atoms with E-state index in [1.807, 2.05) is 25.2 Å². The van der Waals surface area contributed by atoms with Gasteiger partial charge in [0, 0.05) is 5.39 Å². The Morgan fingerprint density at radius 1 is 0.852 bits per heavy atom. The first-order valence-corrected chi connectivity index (χ1v) is 8.40. The molecule has 0 saturated carbocycles. The summed E-state index contributed by atoms with van der Waals surface area (Å²) in [4.78, 5) is 0. The molecule has 1 aliphatic rings. The summed E-state index contributed by atoms with van der Waals surface area (Å²) < 4.78 is 24.3. The molecule has 3 aromatic carbocycles. The number of hydrogen-bond acceptors (Lipinski definition) is 4. The van der Waals surface area contributed by atoms with Gasteiger partial charge in [-0.25, -0.2) is 0 Å². The number of methoxy groups -OCH3 is 2. The molecule has 0 N–H and O–H groups in total. The lowest BCUT2D eigenvalue weighted by Crippen LogP contribution is -3.00. The van der Waals surface area contributed by atoms with Gasteiger partial charge in [-0.3, -0.25) is 0 Å². The van der Waals surface area contributed by atoms with E-state index in [4.69, 9.17) is 18.9 Å². The van der Waals surface area contributed by atoms with Crippen LogP contribution < -0.4 is 35.9 Å². The first kappa shape index (κ1) is 17.5. The number of nitrogens with zero attached hydrogens (tertiary/aromatic N) is 1. The molecule has 2 heterocycles. The molecule has 5 rings (SSSR count). The van der Waals surface area contributed by atoms with Crippen LogP contribution in [0.2, 0.25) is 0 Å². The van der Waals surface area contributed by atoms with Gasteiger partial charge in [-0.2, -0.15) is 4.57 Å². The number of ether oxygens (including phenoxy) is 4. The van der Waals surface area contributed by atoms with Crippen LogP contribution in [0.5, 0.6) is 23.0 Å². The molecule has 138 valence electrons. The van der Waals surface area contributed by atoms with Gasteiger partial charge in [-0.05, 0) is 35.7 Å². The minimum Gasteiger partial charge on any atom is -1.00 e. The summed E-state index contributed by atoms with van der Waals surface area (Å²) >= 11 is 0. The summed E-state index contributed by atoms with van der Waals surface area (Å²) in [6.07, 6.45) is 2.10. The molecule has 0 atom stereocenters. The highest BCUT2D eigenvalue weighted by Gasteiger charge is 2.23. The lowest BCUT2D eigenvalue weighted by atomic mass is 10.00. The second kappa shape index (κ2) is 6.35. The van der Waals surface area contributed by atoms with Gasteiger partial charge in [-0.1, -0.05) is 6.07 Å². The van der Waals surface area contributed by atoms with E-state index in [0.717, 1.165) is 55.4 Å². The molecule has 4 aromatic rings. The molecular formula is C21H18ClNO4. The van der Waals surface area contributed by atoms with Crippen LogP contribution in [-0.2, 0) is 7.05 Å². The van der Waals surface area contributed by atoms with E-state index >= 15 is 0 Å².